The van der Waals surface area contributed by atoms with Crippen molar-refractivity contribution < 1.29 is 9.53 Å². The fraction of sp³-hybridized carbons (Fsp3) is 0.938. The molecule has 20 heavy (non-hydrogen) atoms. The molecule has 2 N–H and O–H groups in total. The van der Waals surface area contributed by atoms with E-state index in [0.29, 0.717) is 25.1 Å². The van der Waals surface area contributed by atoms with Crippen molar-refractivity contribution in [3.8, 4) is 0 Å². The molecule has 118 valence electrons. The van der Waals surface area contributed by atoms with Crippen LogP contribution in [-0.2, 0) is 9.53 Å². The lowest BCUT2D eigenvalue weighted by Gasteiger charge is -2.36. The Balaban J connectivity index is 2.67. The first kappa shape index (κ1) is 17.4. The number of esters is 1. The third-order valence-electron chi connectivity index (χ3n) is 4.21. The molecule has 0 aromatic heterocycles. The summed E-state index contributed by atoms with van der Waals surface area (Å²) < 4.78 is 5.22. The van der Waals surface area contributed by atoms with Gasteiger partial charge in [0.1, 0.15) is 5.54 Å². The number of hydrogen-bond acceptors (Lipinski definition) is 4. The molecule has 1 unspecified atom stereocenters. The van der Waals surface area contributed by atoms with Crippen LogP contribution >= 0.6 is 0 Å². The van der Waals surface area contributed by atoms with E-state index in [4.69, 9.17) is 10.5 Å². The second kappa shape index (κ2) is 7.99. The van der Waals surface area contributed by atoms with Gasteiger partial charge in [-0.25, -0.2) is 4.79 Å². The van der Waals surface area contributed by atoms with Crippen LogP contribution in [0, 0.1) is 5.92 Å². The Kier molecular flexibility index (Phi) is 6.96. The summed E-state index contributed by atoms with van der Waals surface area (Å²) in [5, 5.41) is 0. The molecular formula is C16H32N2O2. The highest BCUT2D eigenvalue weighted by Gasteiger charge is 2.50. The third-order valence-corrected chi connectivity index (χ3v) is 4.21. The molecule has 0 heterocycles. The van der Waals surface area contributed by atoms with Crippen molar-refractivity contribution >= 4 is 5.97 Å². The number of nitrogens with zero attached hydrogens (tertiary/aromatic N) is 1. The number of carbonyl (C=O) groups excluding carboxylic acids is 1. The Morgan fingerprint density at radius 1 is 1.35 bits per heavy atom. The molecule has 0 saturated heterocycles. The summed E-state index contributed by atoms with van der Waals surface area (Å²) in [5.41, 5.74) is 5.65. The zero-order valence-electron chi connectivity index (χ0n) is 13.7. The van der Waals surface area contributed by atoms with Crippen molar-refractivity contribution in [3.63, 3.8) is 0 Å². The molecular weight excluding hydrogens is 252 g/mol. The predicted molar refractivity (Wildman–Crippen MR) is 82.5 cm³/mol. The maximum atomic E-state index is 12.3. The van der Waals surface area contributed by atoms with Crippen molar-refractivity contribution in [2.24, 2.45) is 11.7 Å². The molecule has 0 aromatic rings. The summed E-state index contributed by atoms with van der Waals surface area (Å²) in [6.45, 7) is 10.4. The van der Waals surface area contributed by atoms with Gasteiger partial charge in [0.05, 0.1) is 6.61 Å². The molecule has 1 rings (SSSR count). The van der Waals surface area contributed by atoms with Gasteiger partial charge < -0.3 is 10.5 Å². The lowest BCUT2D eigenvalue weighted by Crippen LogP contribution is -2.59. The summed E-state index contributed by atoms with van der Waals surface area (Å²) in [4.78, 5) is 14.6. The highest BCUT2D eigenvalue weighted by Crippen LogP contribution is 2.39. The molecule has 4 nitrogen and oxygen atoms in total. The molecule has 1 aliphatic rings. The van der Waals surface area contributed by atoms with Gasteiger partial charge in [-0.2, -0.15) is 0 Å². The Labute approximate surface area is 124 Å². The summed E-state index contributed by atoms with van der Waals surface area (Å²) in [6.07, 6.45) is 5.70. The highest BCUT2D eigenvalue weighted by molar-refractivity contribution is 5.82. The minimum absolute atomic E-state index is 0.219. The van der Waals surface area contributed by atoms with Crippen LogP contribution in [0.15, 0.2) is 0 Å². The zero-order valence-corrected chi connectivity index (χ0v) is 13.7. The van der Waals surface area contributed by atoms with Crippen LogP contribution in [0.1, 0.15) is 59.8 Å². The Morgan fingerprint density at radius 3 is 2.45 bits per heavy atom. The van der Waals surface area contributed by atoms with Crippen LogP contribution < -0.4 is 5.73 Å². The van der Waals surface area contributed by atoms with E-state index >= 15 is 0 Å². The largest absolute Gasteiger partial charge is 0.465 e. The first-order chi connectivity index (χ1) is 9.45. The topological polar surface area (TPSA) is 55.6 Å². The third kappa shape index (κ3) is 4.74. The number of carbonyl (C=O) groups is 1. The zero-order chi connectivity index (χ0) is 15.2. The fourth-order valence-electron chi connectivity index (χ4n) is 2.65. The number of rotatable bonds is 10. The van der Waals surface area contributed by atoms with Crippen LogP contribution in [0.4, 0.5) is 0 Å². The van der Waals surface area contributed by atoms with Gasteiger partial charge in [-0.05, 0) is 52.5 Å². The van der Waals surface area contributed by atoms with Crippen LogP contribution in [-0.4, -0.2) is 42.1 Å². The van der Waals surface area contributed by atoms with Crippen molar-refractivity contribution in [2.45, 2.75) is 71.4 Å². The Morgan fingerprint density at radius 2 is 2.00 bits per heavy atom. The predicted octanol–water partition coefficient (Wildman–Crippen LogP) is 2.56. The minimum Gasteiger partial charge on any atom is -0.465 e. The SMILES string of the molecule is CCCCCN(CC(N)(C(=O)OCC)C1CC1)C(C)C. The van der Waals surface area contributed by atoms with Gasteiger partial charge in [0.2, 0.25) is 0 Å². The van der Waals surface area contributed by atoms with Gasteiger partial charge in [-0.3, -0.25) is 4.90 Å². The van der Waals surface area contributed by atoms with Gasteiger partial charge in [0, 0.05) is 12.6 Å². The van der Waals surface area contributed by atoms with Crippen LogP contribution in [0.5, 0.6) is 0 Å². The summed E-state index contributed by atoms with van der Waals surface area (Å²) in [5.74, 6) is 0.0811. The van der Waals surface area contributed by atoms with Crippen molar-refractivity contribution in [1.82, 2.24) is 4.90 Å². The van der Waals surface area contributed by atoms with Crippen molar-refractivity contribution in [1.29, 1.82) is 0 Å². The van der Waals surface area contributed by atoms with Gasteiger partial charge in [0.15, 0.2) is 0 Å². The van der Waals surface area contributed by atoms with E-state index < -0.39 is 5.54 Å². The molecule has 1 atom stereocenters. The van der Waals surface area contributed by atoms with E-state index in [1.54, 1.807) is 0 Å². The Bertz CT molecular complexity index is 303. The molecule has 0 spiro atoms. The van der Waals surface area contributed by atoms with Crippen LogP contribution in [0.2, 0.25) is 0 Å². The van der Waals surface area contributed by atoms with Crippen molar-refractivity contribution in [2.75, 3.05) is 19.7 Å². The molecule has 0 bridgehead atoms. The average molecular weight is 284 g/mol. The molecule has 1 saturated carbocycles. The molecule has 0 aliphatic heterocycles. The van der Waals surface area contributed by atoms with E-state index in [0.717, 1.165) is 25.8 Å². The first-order valence-electron chi connectivity index (χ1n) is 8.15. The standard InChI is InChI=1S/C16H32N2O2/c1-5-7-8-11-18(13(3)4)12-16(17,14-9-10-14)15(19)20-6-2/h13-14H,5-12,17H2,1-4H3. The van der Waals surface area contributed by atoms with E-state index in [9.17, 15) is 4.79 Å². The number of unbranched alkanes of at least 4 members (excludes halogenated alkanes) is 2. The second-order valence-corrected chi connectivity index (χ2v) is 6.31. The maximum absolute atomic E-state index is 12.3. The minimum atomic E-state index is -0.813. The highest BCUT2D eigenvalue weighted by atomic mass is 16.5. The summed E-state index contributed by atoms with van der Waals surface area (Å²) >= 11 is 0. The average Bonchev–Trinajstić information content (AvgIpc) is 3.22. The first-order valence-corrected chi connectivity index (χ1v) is 8.15. The molecule has 1 aliphatic carbocycles. The van der Waals surface area contributed by atoms with Crippen LogP contribution in [0.3, 0.4) is 0 Å². The lowest BCUT2D eigenvalue weighted by atomic mass is 9.93. The van der Waals surface area contributed by atoms with Crippen LogP contribution in [0.25, 0.3) is 0 Å². The molecule has 0 aromatic carbocycles. The van der Waals surface area contributed by atoms with Gasteiger partial charge in [0.25, 0.3) is 0 Å². The normalized spacial score (nSPS) is 18.4. The lowest BCUT2D eigenvalue weighted by molar-refractivity contribution is -0.151. The van der Waals surface area contributed by atoms with Gasteiger partial charge >= 0.3 is 5.97 Å². The van der Waals surface area contributed by atoms with E-state index in [1.807, 2.05) is 6.92 Å². The Hall–Kier alpha value is -0.610. The maximum Gasteiger partial charge on any atom is 0.327 e. The van der Waals surface area contributed by atoms with E-state index in [1.165, 1.54) is 12.8 Å². The second-order valence-electron chi connectivity index (χ2n) is 6.31. The van der Waals surface area contributed by atoms with E-state index in [-0.39, 0.29) is 5.97 Å². The number of nitrogens with two attached hydrogens (primary N) is 1. The fourth-order valence-corrected chi connectivity index (χ4v) is 2.65. The van der Waals surface area contributed by atoms with Gasteiger partial charge in [-0.15, -0.1) is 0 Å². The summed E-state index contributed by atoms with van der Waals surface area (Å²) in [6, 6.07) is 0.406. The van der Waals surface area contributed by atoms with E-state index in [2.05, 4.69) is 25.7 Å². The molecule has 4 heteroatoms. The quantitative estimate of drug-likeness (QED) is 0.495. The molecule has 0 amide bonds. The van der Waals surface area contributed by atoms with Crippen molar-refractivity contribution in [3.05, 3.63) is 0 Å². The smallest absolute Gasteiger partial charge is 0.327 e. The monoisotopic (exact) mass is 284 g/mol. The van der Waals surface area contributed by atoms with Gasteiger partial charge in [-0.1, -0.05) is 19.8 Å². The number of ether oxygens (including phenoxy) is 1. The summed E-state index contributed by atoms with van der Waals surface area (Å²) in [7, 11) is 0. The molecule has 0 radical (unpaired) electrons. The molecule has 1 fully saturated rings. The number of hydrogen-bond donors (Lipinski definition) is 1.